The summed E-state index contributed by atoms with van der Waals surface area (Å²) < 4.78 is 16.0. The molecule has 5 heteroatoms. The Labute approximate surface area is 149 Å². The second-order valence-electron chi connectivity index (χ2n) is 7.29. The van der Waals surface area contributed by atoms with Gasteiger partial charge in [0.15, 0.2) is 0 Å². The highest BCUT2D eigenvalue weighted by Gasteiger charge is 2.36. The first-order valence-electron chi connectivity index (χ1n) is 8.92. The minimum Gasteiger partial charge on any atom is -0.487 e. The Bertz CT molecular complexity index is 653. The van der Waals surface area contributed by atoms with E-state index in [4.69, 9.17) is 9.47 Å². The normalized spacial score (nSPS) is 22.4. The zero-order valence-corrected chi connectivity index (χ0v) is 15.3. The number of para-hydroxylation sites is 1. The minimum absolute atomic E-state index is 0.175. The van der Waals surface area contributed by atoms with Crippen LogP contribution < -0.4 is 4.74 Å². The molecule has 1 aromatic rings. The summed E-state index contributed by atoms with van der Waals surface area (Å²) in [6.45, 7) is 6.95. The van der Waals surface area contributed by atoms with Crippen molar-refractivity contribution in [3.8, 4) is 5.75 Å². The highest BCUT2D eigenvalue weighted by molar-refractivity contribution is 5.61. The van der Waals surface area contributed by atoms with Crippen LogP contribution in [0.3, 0.4) is 0 Å². The molecule has 1 atom stereocenters. The Morgan fingerprint density at radius 2 is 2.16 bits per heavy atom. The first-order chi connectivity index (χ1) is 12.0. The number of methoxy groups -OCH3 is 1. The number of rotatable bonds is 4. The summed E-state index contributed by atoms with van der Waals surface area (Å²) in [5.41, 5.74) is 1.12. The number of carbonyl (C=O) groups is 1. The summed E-state index contributed by atoms with van der Waals surface area (Å²) >= 11 is 0. The highest BCUT2D eigenvalue weighted by atomic mass is 16.7. The quantitative estimate of drug-likeness (QED) is 0.777. The SMILES string of the molecule is COC(=O)OC1=CCCN(CCC2Cc3ccccc3OC2(C)C)C1. The molecule has 0 bridgehead atoms. The summed E-state index contributed by atoms with van der Waals surface area (Å²) in [6.07, 6.45) is 4.30. The van der Waals surface area contributed by atoms with Gasteiger partial charge in [-0.2, -0.15) is 0 Å². The fourth-order valence-corrected chi connectivity index (χ4v) is 3.62. The Balaban J connectivity index is 1.56. The third-order valence-corrected chi connectivity index (χ3v) is 5.17. The number of fused-ring (bicyclic) bond motifs is 1. The van der Waals surface area contributed by atoms with Crippen LogP contribution >= 0.6 is 0 Å². The molecule has 0 saturated carbocycles. The largest absolute Gasteiger partial charge is 0.513 e. The lowest BCUT2D eigenvalue weighted by Gasteiger charge is -2.41. The van der Waals surface area contributed by atoms with Crippen LogP contribution in [0.15, 0.2) is 36.1 Å². The average Bonchev–Trinajstić information content (AvgIpc) is 2.59. The molecule has 0 spiro atoms. The van der Waals surface area contributed by atoms with Gasteiger partial charge in [0.2, 0.25) is 0 Å². The number of benzene rings is 1. The summed E-state index contributed by atoms with van der Waals surface area (Å²) in [6, 6.07) is 8.31. The first kappa shape index (κ1) is 17.8. The Hall–Kier alpha value is -2.01. The van der Waals surface area contributed by atoms with Gasteiger partial charge in [-0.1, -0.05) is 18.2 Å². The molecule has 0 aromatic heterocycles. The van der Waals surface area contributed by atoms with E-state index in [-0.39, 0.29) is 5.60 Å². The molecule has 3 rings (SSSR count). The molecule has 136 valence electrons. The van der Waals surface area contributed by atoms with E-state index in [1.807, 2.05) is 12.1 Å². The molecule has 0 fully saturated rings. The number of hydrogen-bond acceptors (Lipinski definition) is 5. The zero-order chi connectivity index (χ0) is 17.9. The van der Waals surface area contributed by atoms with Gasteiger partial charge in [-0.25, -0.2) is 4.79 Å². The lowest BCUT2D eigenvalue weighted by atomic mass is 9.80. The molecule has 0 saturated heterocycles. The van der Waals surface area contributed by atoms with E-state index >= 15 is 0 Å². The lowest BCUT2D eigenvalue weighted by molar-refractivity contribution is 0.0175. The topological polar surface area (TPSA) is 48.0 Å². The van der Waals surface area contributed by atoms with Crippen molar-refractivity contribution in [2.75, 3.05) is 26.7 Å². The van der Waals surface area contributed by atoms with E-state index in [0.29, 0.717) is 18.2 Å². The molecular weight excluding hydrogens is 318 g/mol. The Morgan fingerprint density at radius 3 is 2.96 bits per heavy atom. The molecule has 2 heterocycles. The third-order valence-electron chi connectivity index (χ3n) is 5.17. The van der Waals surface area contributed by atoms with Crippen LogP contribution in [0.5, 0.6) is 5.75 Å². The van der Waals surface area contributed by atoms with Crippen LogP contribution in [0.1, 0.15) is 32.3 Å². The van der Waals surface area contributed by atoms with E-state index in [1.54, 1.807) is 0 Å². The summed E-state index contributed by atoms with van der Waals surface area (Å²) in [5.74, 6) is 2.15. The lowest BCUT2D eigenvalue weighted by Crippen LogP contribution is -2.44. The summed E-state index contributed by atoms with van der Waals surface area (Å²) in [4.78, 5) is 13.6. The number of nitrogens with zero attached hydrogens (tertiary/aromatic N) is 1. The van der Waals surface area contributed by atoms with Crippen molar-refractivity contribution in [3.63, 3.8) is 0 Å². The van der Waals surface area contributed by atoms with Crippen LogP contribution in [0, 0.1) is 5.92 Å². The Morgan fingerprint density at radius 1 is 1.36 bits per heavy atom. The highest BCUT2D eigenvalue weighted by Crippen LogP contribution is 2.38. The van der Waals surface area contributed by atoms with Crippen molar-refractivity contribution in [2.45, 2.75) is 38.7 Å². The predicted octanol–water partition coefficient (Wildman–Crippen LogP) is 3.78. The predicted molar refractivity (Wildman–Crippen MR) is 95.6 cm³/mol. The van der Waals surface area contributed by atoms with E-state index < -0.39 is 6.16 Å². The number of hydrogen-bond donors (Lipinski definition) is 0. The minimum atomic E-state index is -0.647. The monoisotopic (exact) mass is 345 g/mol. The molecule has 25 heavy (non-hydrogen) atoms. The molecule has 0 aliphatic carbocycles. The standard InChI is InChI=1S/C20H27NO4/c1-20(2)16(13-15-7-4-5-9-18(15)25-20)10-12-21-11-6-8-17(14-21)24-19(22)23-3/h4-5,7-9,16H,6,10-14H2,1-3H3. The van der Waals surface area contributed by atoms with Crippen molar-refractivity contribution >= 4 is 6.16 Å². The molecule has 0 amide bonds. The van der Waals surface area contributed by atoms with Gasteiger partial charge in [-0.15, -0.1) is 0 Å². The van der Waals surface area contributed by atoms with Gasteiger partial charge in [0.25, 0.3) is 0 Å². The van der Waals surface area contributed by atoms with Gasteiger partial charge >= 0.3 is 6.16 Å². The molecule has 2 aliphatic rings. The van der Waals surface area contributed by atoms with Crippen LogP contribution in [0.25, 0.3) is 0 Å². The van der Waals surface area contributed by atoms with Gasteiger partial charge in [0, 0.05) is 12.5 Å². The molecular formula is C20H27NO4. The Kier molecular flexibility index (Phi) is 5.33. The smallest absolute Gasteiger partial charge is 0.487 e. The fourth-order valence-electron chi connectivity index (χ4n) is 3.62. The first-order valence-corrected chi connectivity index (χ1v) is 8.92. The third kappa shape index (κ3) is 4.34. The van der Waals surface area contributed by atoms with Crippen LogP contribution in [0.4, 0.5) is 4.79 Å². The fraction of sp³-hybridized carbons (Fsp3) is 0.550. The van der Waals surface area contributed by atoms with Gasteiger partial charge < -0.3 is 14.2 Å². The number of carbonyl (C=O) groups excluding carboxylic acids is 1. The van der Waals surface area contributed by atoms with Crippen molar-refractivity contribution in [1.29, 1.82) is 0 Å². The van der Waals surface area contributed by atoms with E-state index in [0.717, 1.165) is 38.1 Å². The molecule has 0 N–H and O–H groups in total. The van der Waals surface area contributed by atoms with Crippen molar-refractivity contribution in [3.05, 3.63) is 41.7 Å². The van der Waals surface area contributed by atoms with Gasteiger partial charge in [-0.05, 0) is 57.4 Å². The van der Waals surface area contributed by atoms with Gasteiger partial charge in [-0.3, -0.25) is 4.90 Å². The molecule has 1 aromatic carbocycles. The van der Waals surface area contributed by atoms with Crippen molar-refractivity contribution < 1.29 is 19.0 Å². The molecule has 1 unspecified atom stereocenters. The van der Waals surface area contributed by atoms with E-state index in [1.165, 1.54) is 12.7 Å². The van der Waals surface area contributed by atoms with Crippen molar-refractivity contribution in [2.24, 2.45) is 5.92 Å². The van der Waals surface area contributed by atoms with Crippen molar-refractivity contribution in [1.82, 2.24) is 4.90 Å². The second kappa shape index (κ2) is 7.48. The van der Waals surface area contributed by atoms with Gasteiger partial charge in [0.1, 0.15) is 17.1 Å². The van der Waals surface area contributed by atoms with Crippen LogP contribution in [-0.4, -0.2) is 43.4 Å². The van der Waals surface area contributed by atoms with Crippen LogP contribution in [0.2, 0.25) is 0 Å². The maximum atomic E-state index is 11.3. The molecule has 2 aliphatic heterocycles. The van der Waals surface area contributed by atoms with E-state index in [9.17, 15) is 4.79 Å². The summed E-state index contributed by atoms with van der Waals surface area (Å²) in [7, 11) is 1.33. The van der Waals surface area contributed by atoms with Crippen LogP contribution in [-0.2, 0) is 15.9 Å². The molecule has 0 radical (unpaired) electrons. The zero-order valence-electron chi connectivity index (χ0n) is 15.3. The molecule has 5 nitrogen and oxygen atoms in total. The van der Waals surface area contributed by atoms with Gasteiger partial charge in [0.05, 0.1) is 13.7 Å². The second-order valence-corrected chi connectivity index (χ2v) is 7.29. The number of ether oxygens (including phenoxy) is 3. The maximum Gasteiger partial charge on any atom is 0.513 e. The summed E-state index contributed by atoms with van der Waals surface area (Å²) in [5, 5.41) is 0. The average molecular weight is 345 g/mol. The van der Waals surface area contributed by atoms with E-state index in [2.05, 4.69) is 41.7 Å². The maximum absolute atomic E-state index is 11.3.